The molecular formula is C25H20O3. The van der Waals surface area contributed by atoms with Crippen molar-refractivity contribution in [2.24, 2.45) is 0 Å². The van der Waals surface area contributed by atoms with E-state index in [0.29, 0.717) is 11.1 Å². The molecule has 0 bridgehead atoms. The zero-order valence-corrected chi connectivity index (χ0v) is 15.8. The van der Waals surface area contributed by atoms with E-state index >= 15 is 0 Å². The van der Waals surface area contributed by atoms with E-state index < -0.39 is 0 Å². The topological polar surface area (TPSA) is 35.5 Å². The molecule has 3 nitrogen and oxygen atoms in total. The highest BCUT2D eigenvalue weighted by atomic mass is 16.5. The molecule has 0 radical (unpaired) electrons. The van der Waals surface area contributed by atoms with Crippen LogP contribution in [0.25, 0.3) is 6.08 Å². The average molecular weight is 368 g/mol. The second-order valence-corrected chi connectivity index (χ2v) is 6.00. The van der Waals surface area contributed by atoms with Gasteiger partial charge in [-0.3, -0.25) is 4.79 Å². The van der Waals surface area contributed by atoms with Gasteiger partial charge in [0.25, 0.3) is 0 Å². The van der Waals surface area contributed by atoms with Gasteiger partial charge in [0, 0.05) is 11.1 Å². The van der Waals surface area contributed by atoms with Gasteiger partial charge in [-0.2, -0.15) is 0 Å². The quantitative estimate of drug-likeness (QED) is 0.360. The molecular weight excluding hydrogens is 348 g/mol. The van der Waals surface area contributed by atoms with Crippen LogP contribution >= 0.6 is 0 Å². The van der Waals surface area contributed by atoms with E-state index in [-0.39, 0.29) is 5.78 Å². The summed E-state index contributed by atoms with van der Waals surface area (Å²) in [6, 6.07) is 24.1. The summed E-state index contributed by atoms with van der Waals surface area (Å²) < 4.78 is 10.4. The first-order valence-corrected chi connectivity index (χ1v) is 8.81. The molecule has 0 heterocycles. The number of ketones is 1. The number of carbonyl (C=O) groups is 1. The number of ether oxygens (including phenoxy) is 2. The predicted octanol–water partition coefficient (Wildman–Crippen LogP) is 5.02. The smallest absolute Gasteiger partial charge is 0.201 e. The zero-order valence-electron chi connectivity index (χ0n) is 15.8. The second kappa shape index (κ2) is 9.25. The van der Waals surface area contributed by atoms with Crippen LogP contribution in [0, 0.1) is 11.8 Å². The van der Waals surface area contributed by atoms with E-state index in [0.717, 1.165) is 22.6 Å². The van der Waals surface area contributed by atoms with Crippen LogP contribution in [0.1, 0.15) is 21.5 Å². The Morgan fingerprint density at radius 2 is 1.36 bits per heavy atom. The second-order valence-electron chi connectivity index (χ2n) is 6.00. The molecule has 0 N–H and O–H groups in total. The van der Waals surface area contributed by atoms with Crippen molar-refractivity contribution in [1.82, 2.24) is 0 Å². The number of hydrogen-bond donors (Lipinski definition) is 0. The van der Waals surface area contributed by atoms with Crippen LogP contribution in [-0.2, 0) is 0 Å². The molecule has 3 aromatic rings. The van der Waals surface area contributed by atoms with Gasteiger partial charge in [-0.1, -0.05) is 54.3 Å². The van der Waals surface area contributed by atoms with Crippen molar-refractivity contribution < 1.29 is 14.3 Å². The summed E-state index contributed by atoms with van der Waals surface area (Å²) >= 11 is 0. The molecule has 0 fully saturated rings. The fourth-order valence-electron chi connectivity index (χ4n) is 2.58. The monoisotopic (exact) mass is 368 g/mol. The summed E-state index contributed by atoms with van der Waals surface area (Å²) in [5.41, 5.74) is 2.71. The molecule has 138 valence electrons. The number of rotatable bonds is 5. The van der Waals surface area contributed by atoms with Crippen molar-refractivity contribution in [3.63, 3.8) is 0 Å². The summed E-state index contributed by atoms with van der Waals surface area (Å²) in [4.78, 5) is 13.0. The van der Waals surface area contributed by atoms with E-state index in [4.69, 9.17) is 9.47 Å². The van der Waals surface area contributed by atoms with Crippen LogP contribution in [0.4, 0.5) is 0 Å². The van der Waals surface area contributed by atoms with Gasteiger partial charge in [-0.15, -0.1) is 0 Å². The van der Waals surface area contributed by atoms with Crippen LogP contribution in [0.5, 0.6) is 11.5 Å². The Morgan fingerprint density at radius 1 is 0.786 bits per heavy atom. The zero-order chi connectivity index (χ0) is 19.8. The molecule has 3 rings (SSSR count). The molecule has 0 unspecified atom stereocenters. The van der Waals surface area contributed by atoms with Crippen molar-refractivity contribution in [2.75, 3.05) is 14.2 Å². The van der Waals surface area contributed by atoms with Gasteiger partial charge in [0.2, 0.25) is 5.78 Å². The SMILES string of the molecule is COc1ccc(C#C/C(=C\c2ccc(OC)cc2)C(=O)c2ccccc2)cc1. The molecule has 0 aliphatic carbocycles. The summed E-state index contributed by atoms with van der Waals surface area (Å²) in [6.45, 7) is 0. The standard InChI is InChI=1S/C25H20O3/c1-27-23-14-9-19(10-15-23)8-13-22(25(26)21-6-4-3-5-7-21)18-20-11-16-24(28-2)17-12-20/h3-7,9-12,14-18H,1-2H3/b22-18+. The Hall–Kier alpha value is -3.77. The summed E-state index contributed by atoms with van der Waals surface area (Å²) in [5, 5.41) is 0. The first kappa shape index (κ1) is 19.0. The molecule has 0 aliphatic heterocycles. The van der Waals surface area contributed by atoms with Gasteiger partial charge in [0.1, 0.15) is 11.5 Å². The molecule has 3 heteroatoms. The Bertz CT molecular complexity index is 1020. The maximum atomic E-state index is 13.0. The van der Waals surface area contributed by atoms with Crippen LogP contribution in [-0.4, -0.2) is 20.0 Å². The van der Waals surface area contributed by atoms with Gasteiger partial charge in [0.15, 0.2) is 0 Å². The van der Waals surface area contributed by atoms with Crippen LogP contribution in [0.2, 0.25) is 0 Å². The average Bonchev–Trinajstić information content (AvgIpc) is 2.77. The van der Waals surface area contributed by atoms with Gasteiger partial charge in [-0.05, 0) is 48.0 Å². The minimum absolute atomic E-state index is 0.113. The Balaban J connectivity index is 1.97. The van der Waals surface area contributed by atoms with Crippen molar-refractivity contribution in [3.05, 3.63) is 101 Å². The van der Waals surface area contributed by atoms with E-state index in [1.165, 1.54) is 0 Å². The molecule has 0 atom stereocenters. The fraction of sp³-hybridized carbons (Fsp3) is 0.0800. The number of benzene rings is 3. The largest absolute Gasteiger partial charge is 0.497 e. The highest BCUT2D eigenvalue weighted by Crippen LogP contribution is 2.17. The normalized spacial score (nSPS) is 10.6. The van der Waals surface area contributed by atoms with Crippen LogP contribution in [0.3, 0.4) is 0 Å². The Morgan fingerprint density at radius 3 is 1.93 bits per heavy atom. The van der Waals surface area contributed by atoms with E-state index in [1.54, 1.807) is 32.4 Å². The molecule has 0 aromatic heterocycles. The lowest BCUT2D eigenvalue weighted by molar-refractivity contribution is 0.104. The number of hydrogen-bond acceptors (Lipinski definition) is 3. The Kier molecular flexibility index (Phi) is 6.28. The highest BCUT2D eigenvalue weighted by Gasteiger charge is 2.10. The molecule has 28 heavy (non-hydrogen) atoms. The van der Waals surface area contributed by atoms with Crippen molar-refractivity contribution in [3.8, 4) is 23.3 Å². The van der Waals surface area contributed by atoms with E-state index in [1.807, 2.05) is 66.7 Å². The first-order valence-electron chi connectivity index (χ1n) is 8.81. The summed E-state index contributed by atoms with van der Waals surface area (Å²) in [7, 11) is 3.24. The lowest BCUT2D eigenvalue weighted by atomic mass is 10.0. The summed E-state index contributed by atoms with van der Waals surface area (Å²) in [5.74, 6) is 7.52. The predicted molar refractivity (Wildman–Crippen MR) is 112 cm³/mol. The van der Waals surface area contributed by atoms with Crippen molar-refractivity contribution in [1.29, 1.82) is 0 Å². The molecule has 0 aliphatic rings. The third kappa shape index (κ3) is 4.90. The maximum Gasteiger partial charge on any atom is 0.201 e. The first-order chi connectivity index (χ1) is 13.7. The number of carbonyl (C=O) groups excluding carboxylic acids is 1. The lowest BCUT2D eigenvalue weighted by Gasteiger charge is -2.03. The van der Waals surface area contributed by atoms with Gasteiger partial charge in [0.05, 0.1) is 19.8 Å². The molecule has 0 amide bonds. The lowest BCUT2D eigenvalue weighted by Crippen LogP contribution is -2.01. The number of allylic oxidation sites excluding steroid dienone is 1. The minimum Gasteiger partial charge on any atom is -0.497 e. The van der Waals surface area contributed by atoms with Crippen molar-refractivity contribution >= 4 is 11.9 Å². The molecule has 0 saturated carbocycles. The van der Waals surface area contributed by atoms with Gasteiger partial charge in [-0.25, -0.2) is 0 Å². The van der Waals surface area contributed by atoms with Crippen LogP contribution < -0.4 is 9.47 Å². The van der Waals surface area contributed by atoms with E-state index in [9.17, 15) is 4.79 Å². The maximum absolute atomic E-state index is 13.0. The molecule has 0 saturated heterocycles. The number of Topliss-reactive ketones (excluding diaryl/α,β-unsaturated/α-hetero) is 1. The third-order valence-corrected chi connectivity index (χ3v) is 4.14. The summed E-state index contributed by atoms with van der Waals surface area (Å²) in [6.07, 6.45) is 1.80. The van der Waals surface area contributed by atoms with Crippen molar-refractivity contribution in [2.45, 2.75) is 0 Å². The fourth-order valence-corrected chi connectivity index (χ4v) is 2.58. The Labute approximate surface area is 165 Å². The van der Waals surface area contributed by atoms with Gasteiger partial charge < -0.3 is 9.47 Å². The third-order valence-electron chi connectivity index (χ3n) is 4.14. The van der Waals surface area contributed by atoms with Crippen LogP contribution in [0.15, 0.2) is 84.4 Å². The molecule has 0 spiro atoms. The minimum atomic E-state index is -0.113. The van der Waals surface area contributed by atoms with E-state index in [2.05, 4.69) is 11.8 Å². The highest BCUT2D eigenvalue weighted by molar-refractivity contribution is 6.14. The molecule has 3 aromatic carbocycles. The van der Waals surface area contributed by atoms with Gasteiger partial charge >= 0.3 is 0 Å². The number of methoxy groups -OCH3 is 2.